The summed E-state index contributed by atoms with van der Waals surface area (Å²) in [6, 6.07) is 12.2. The zero-order valence-corrected chi connectivity index (χ0v) is 14.6. The molecule has 24 heavy (non-hydrogen) atoms. The molecule has 126 valence electrons. The molecule has 3 rings (SSSR count). The van der Waals surface area contributed by atoms with Gasteiger partial charge >= 0.3 is 0 Å². The van der Waals surface area contributed by atoms with E-state index in [1.54, 1.807) is 42.5 Å². The van der Waals surface area contributed by atoms with Gasteiger partial charge in [-0.15, -0.1) is 0 Å². The second kappa shape index (κ2) is 7.43. The van der Waals surface area contributed by atoms with Crippen LogP contribution in [0.5, 0.6) is 11.5 Å². The number of hydrogen-bond acceptors (Lipinski definition) is 3. The van der Waals surface area contributed by atoms with E-state index in [-0.39, 0.29) is 5.91 Å². The van der Waals surface area contributed by atoms with Gasteiger partial charge in [-0.2, -0.15) is 0 Å². The Morgan fingerprint density at radius 2 is 1.96 bits per heavy atom. The highest BCUT2D eigenvalue weighted by Crippen LogP contribution is 2.34. The molecule has 1 saturated heterocycles. The molecular formula is C18H18Cl2N2O2. The van der Waals surface area contributed by atoms with Crippen LogP contribution in [0.3, 0.4) is 0 Å². The summed E-state index contributed by atoms with van der Waals surface area (Å²) in [7, 11) is 0. The predicted octanol–water partition coefficient (Wildman–Crippen LogP) is 4.21. The number of nitrogens with zero attached hydrogens (tertiary/aromatic N) is 1. The summed E-state index contributed by atoms with van der Waals surface area (Å²) in [6.45, 7) is 2.11. The van der Waals surface area contributed by atoms with Crippen LogP contribution in [0.2, 0.25) is 10.0 Å². The zero-order valence-electron chi connectivity index (χ0n) is 13.0. The van der Waals surface area contributed by atoms with Crippen molar-refractivity contribution in [2.45, 2.75) is 6.42 Å². The lowest BCUT2D eigenvalue weighted by molar-refractivity contribution is 0.0787. The van der Waals surface area contributed by atoms with Gasteiger partial charge in [-0.25, -0.2) is 0 Å². The molecule has 1 aliphatic heterocycles. The van der Waals surface area contributed by atoms with E-state index in [1.165, 1.54) is 0 Å². The van der Waals surface area contributed by atoms with Crippen molar-refractivity contribution >= 4 is 29.1 Å². The van der Waals surface area contributed by atoms with E-state index in [2.05, 4.69) is 0 Å². The molecule has 1 unspecified atom stereocenters. The highest BCUT2D eigenvalue weighted by molar-refractivity contribution is 6.42. The normalized spacial score (nSPS) is 17.1. The summed E-state index contributed by atoms with van der Waals surface area (Å²) in [4.78, 5) is 14.3. The Kier molecular flexibility index (Phi) is 5.29. The molecule has 0 bridgehead atoms. The lowest BCUT2D eigenvalue weighted by Crippen LogP contribution is -2.29. The van der Waals surface area contributed by atoms with E-state index in [9.17, 15) is 4.79 Å². The minimum atomic E-state index is 0.0262. The Balaban J connectivity index is 1.69. The van der Waals surface area contributed by atoms with E-state index in [1.807, 2.05) is 4.90 Å². The van der Waals surface area contributed by atoms with Crippen LogP contribution < -0.4 is 10.5 Å². The van der Waals surface area contributed by atoms with Gasteiger partial charge in [0.15, 0.2) is 0 Å². The van der Waals surface area contributed by atoms with Gasteiger partial charge in [-0.05, 0) is 55.3 Å². The predicted molar refractivity (Wildman–Crippen MR) is 96.0 cm³/mol. The molecular weight excluding hydrogens is 347 g/mol. The molecule has 0 radical (unpaired) electrons. The molecule has 1 amide bonds. The summed E-state index contributed by atoms with van der Waals surface area (Å²) >= 11 is 12.1. The van der Waals surface area contributed by atoms with Crippen LogP contribution in [0.4, 0.5) is 0 Å². The highest BCUT2D eigenvalue weighted by atomic mass is 35.5. The number of nitrogens with two attached hydrogens (primary N) is 1. The number of halogens is 2. The van der Waals surface area contributed by atoms with Gasteiger partial charge in [0.2, 0.25) is 0 Å². The molecule has 2 aromatic carbocycles. The van der Waals surface area contributed by atoms with Crippen molar-refractivity contribution < 1.29 is 9.53 Å². The lowest BCUT2D eigenvalue weighted by atomic mass is 10.1. The van der Waals surface area contributed by atoms with Crippen LogP contribution in [-0.4, -0.2) is 30.4 Å². The molecule has 1 aliphatic rings. The Morgan fingerprint density at radius 3 is 2.62 bits per heavy atom. The topological polar surface area (TPSA) is 55.6 Å². The van der Waals surface area contributed by atoms with Crippen LogP contribution in [-0.2, 0) is 0 Å². The van der Waals surface area contributed by atoms with Gasteiger partial charge in [-0.3, -0.25) is 4.79 Å². The molecule has 0 aromatic heterocycles. The maximum atomic E-state index is 12.5. The van der Waals surface area contributed by atoms with Crippen LogP contribution in [0.1, 0.15) is 16.8 Å². The average molecular weight is 365 g/mol. The standard InChI is InChI=1S/C18H18Cl2N2O2/c19-15-2-1-3-16(17(15)20)24-14-6-4-13(5-7-14)18(23)22-9-8-12(10-21)11-22/h1-7,12H,8-11,21H2. The Bertz CT molecular complexity index is 734. The van der Waals surface area contributed by atoms with Gasteiger partial charge < -0.3 is 15.4 Å². The summed E-state index contributed by atoms with van der Waals surface area (Å²) in [6.07, 6.45) is 0.969. The average Bonchev–Trinajstić information content (AvgIpc) is 3.08. The van der Waals surface area contributed by atoms with Crippen molar-refractivity contribution in [3.05, 3.63) is 58.1 Å². The smallest absolute Gasteiger partial charge is 0.253 e. The number of carbonyl (C=O) groups excluding carboxylic acids is 1. The molecule has 2 aromatic rings. The SMILES string of the molecule is NCC1CCN(C(=O)c2ccc(Oc3cccc(Cl)c3Cl)cc2)C1. The van der Waals surface area contributed by atoms with E-state index in [0.717, 1.165) is 19.5 Å². The van der Waals surface area contributed by atoms with Crippen LogP contribution in [0, 0.1) is 5.92 Å². The third-order valence-electron chi connectivity index (χ3n) is 4.15. The first kappa shape index (κ1) is 17.1. The van der Waals surface area contributed by atoms with E-state index in [4.69, 9.17) is 33.7 Å². The summed E-state index contributed by atoms with van der Waals surface area (Å²) in [5.41, 5.74) is 6.31. The van der Waals surface area contributed by atoms with E-state index < -0.39 is 0 Å². The van der Waals surface area contributed by atoms with Crippen LogP contribution in [0.15, 0.2) is 42.5 Å². The third-order valence-corrected chi connectivity index (χ3v) is 4.95. The second-order valence-corrected chi connectivity index (χ2v) is 6.61. The Labute approximate surface area is 151 Å². The number of hydrogen-bond donors (Lipinski definition) is 1. The van der Waals surface area contributed by atoms with Gasteiger partial charge in [0.05, 0.1) is 5.02 Å². The van der Waals surface area contributed by atoms with Crippen molar-refractivity contribution in [1.29, 1.82) is 0 Å². The fourth-order valence-electron chi connectivity index (χ4n) is 2.75. The first-order valence-corrected chi connectivity index (χ1v) is 8.55. The molecule has 4 nitrogen and oxygen atoms in total. The number of carbonyl (C=O) groups is 1. The molecule has 6 heteroatoms. The van der Waals surface area contributed by atoms with Crippen molar-refractivity contribution in [1.82, 2.24) is 4.90 Å². The first-order valence-electron chi connectivity index (χ1n) is 7.79. The Hall–Kier alpha value is -1.75. The molecule has 1 fully saturated rings. The van der Waals surface area contributed by atoms with E-state index in [0.29, 0.717) is 39.6 Å². The van der Waals surface area contributed by atoms with Gasteiger partial charge in [0, 0.05) is 18.7 Å². The number of rotatable bonds is 4. The van der Waals surface area contributed by atoms with Crippen molar-refractivity contribution in [2.75, 3.05) is 19.6 Å². The molecule has 0 spiro atoms. The highest BCUT2D eigenvalue weighted by Gasteiger charge is 2.25. The third kappa shape index (κ3) is 3.66. The van der Waals surface area contributed by atoms with Gasteiger partial charge in [0.1, 0.15) is 16.5 Å². The summed E-state index contributed by atoms with van der Waals surface area (Å²) in [5.74, 6) is 1.50. The molecule has 0 saturated carbocycles. The van der Waals surface area contributed by atoms with Crippen molar-refractivity contribution in [2.24, 2.45) is 11.7 Å². The van der Waals surface area contributed by atoms with Crippen molar-refractivity contribution in [3.8, 4) is 11.5 Å². The number of benzene rings is 2. The molecule has 2 N–H and O–H groups in total. The maximum Gasteiger partial charge on any atom is 0.253 e. The van der Waals surface area contributed by atoms with E-state index >= 15 is 0 Å². The fraction of sp³-hybridized carbons (Fsp3) is 0.278. The largest absolute Gasteiger partial charge is 0.456 e. The van der Waals surface area contributed by atoms with Gasteiger partial charge in [-0.1, -0.05) is 29.3 Å². The minimum Gasteiger partial charge on any atom is -0.456 e. The number of ether oxygens (including phenoxy) is 1. The molecule has 1 heterocycles. The Morgan fingerprint density at radius 1 is 1.21 bits per heavy atom. The fourth-order valence-corrected chi connectivity index (χ4v) is 3.08. The summed E-state index contributed by atoms with van der Waals surface area (Å²) < 4.78 is 5.73. The number of likely N-dealkylation sites (tertiary alicyclic amines) is 1. The maximum absolute atomic E-state index is 12.5. The molecule has 1 atom stereocenters. The first-order chi connectivity index (χ1) is 11.6. The van der Waals surface area contributed by atoms with Gasteiger partial charge in [0.25, 0.3) is 5.91 Å². The number of amides is 1. The zero-order chi connectivity index (χ0) is 17.1. The second-order valence-electron chi connectivity index (χ2n) is 5.82. The van der Waals surface area contributed by atoms with Crippen molar-refractivity contribution in [3.63, 3.8) is 0 Å². The molecule has 0 aliphatic carbocycles. The summed E-state index contributed by atoms with van der Waals surface area (Å²) in [5, 5.41) is 0.800. The minimum absolute atomic E-state index is 0.0262. The van der Waals surface area contributed by atoms with Crippen LogP contribution >= 0.6 is 23.2 Å². The van der Waals surface area contributed by atoms with Crippen LogP contribution in [0.25, 0.3) is 0 Å². The quantitative estimate of drug-likeness (QED) is 0.883. The monoisotopic (exact) mass is 364 g/mol. The lowest BCUT2D eigenvalue weighted by Gasteiger charge is -2.16.